The number of phenolic OH excluding ortho intramolecular Hbond substituents is 1. The Morgan fingerprint density at radius 3 is 2.43 bits per heavy atom. The van der Waals surface area contributed by atoms with E-state index in [1.807, 2.05) is 11.4 Å². The van der Waals surface area contributed by atoms with Crippen molar-refractivity contribution in [1.82, 2.24) is 4.98 Å². The molecule has 9 heteroatoms. The highest BCUT2D eigenvalue weighted by molar-refractivity contribution is 6.08. The zero-order chi connectivity index (χ0) is 21.6. The lowest BCUT2D eigenvalue weighted by Crippen LogP contribution is -2.30. The van der Waals surface area contributed by atoms with Crippen LogP contribution in [0.5, 0.6) is 5.75 Å². The minimum absolute atomic E-state index is 0.0472. The first-order valence-electron chi connectivity index (χ1n) is 8.72. The largest absolute Gasteiger partial charge is 0.508 e. The lowest BCUT2D eigenvalue weighted by atomic mass is 10.0. The number of pyridine rings is 1. The number of carbonyl (C=O) groups is 1. The zero-order valence-corrected chi connectivity index (χ0v) is 15.3. The number of aromatic hydroxyl groups is 1. The Morgan fingerprint density at radius 2 is 1.70 bits per heavy atom. The van der Waals surface area contributed by atoms with Crippen molar-refractivity contribution in [1.29, 1.82) is 0 Å². The van der Waals surface area contributed by atoms with Gasteiger partial charge in [-0.1, -0.05) is 6.07 Å². The number of halogens is 3. The Kier molecular flexibility index (Phi) is 4.38. The summed E-state index contributed by atoms with van der Waals surface area (Å²) in [5, 5.41) is 13.7. The van der Waals surface area contributed by atoms with Crippen molar-refractivity contribution in [2.45, 2.75) is 6.18 Å². The van der Waals surface area contributed by atoms with E-state index in [0.29, 0.717) is 33.4 Å². The molecule has 0 saturated heterocycles. The molecule has 6 nitrogen and oxygen atoms in total. The van der Waals surface area contributed by atoms with Crippen molar-refractivity contribution >= 4 is 44.5 Å². The fourth-order valence-corrected chi connectivity index (χ4v) is 3.24. The first kappa shape index (κ1) is 19.3. The summed E-state index contributed by atoms with van der Waals surface area (Å²) in [5.41, 5.74) is 14.0. The highest BCUT2D eigenvalue weighted by Gasteiger charge is 2.38. The number of benzene rings is 3. The number of nitrogen functional groups attached to an aromatic ring is 2. The van der Waals surface area contributed by atoms with Gasteiger partial charge in [-0.2, -0.15) is 13.2 Å². The number of hydrogen-bond acceptors (Lipinski definition) is 5. The van der Waals surface area contributed by atoms with Crippen LogP contribution in [0, 0.1) is 0 Å². The molecule has 0 saturated carbocycles. The Labute approximate surface area is 167 Å². The van der Waals surface area contributed by atoms with Gasteiger partial charge in [0.25, 0.3) is 0 Å². The van der Waals surface area contributed by atoms with Gasteiger partial charge in [0.15, 0.2) is 0 Å². The number of nitrogens with one attached hydrogen (secondary N) is 1. The number of nitrogens with two attached hydrogens (primary N) is 2. The lowest BCUT2D eigenvalue weighted by molar-refractivity contribution is -0.167. The summed E-state index contributed by atoms with van der Waals surface area (Å²) < 4.78 is 37.8. The molecule has 3 aromatic carbocycles. The second-order valence-electron chi connectivity index (χ2n) is 6.74. The van der Waals surface area contributed by atoms with Gasteiger partial charge in [-0.25, -0.2) is 0 Å². The smallest absolute Gasteiger partial charge is 0.471 e. The quantitative estimate of drug-likeness (QED) is 0.364. The Morgan fingerprint density at radius 1 is 0.933 bits per heavy atom. The molecule has 30 heavy (non-hydrogen) atoms. The summed E-state index contributed by atoms with van der Waals surface area (Å²) in [6.45, 7) is 0. The van der Waals surface area contributed by atoms with Crippen LogP contribution in [0.4, 0.5) is 30.2 Å². The fraction of sp³-hybridized carbons (Fsp3) is 0.0476. The molecule has 152 valence electrons. The standard InChI is InChI=1S/C21H15F3N4O2/c22-21(23,24)20(30)28-18-4-3-16(25)14-8-19(27-9-15(14)18)11-5-10-1-2-12(29)7-13(10)17(26)6-11/h1-9,29H,25-26H2,(H,28,30). The molecule has 0 radical (unpaired) electrons. The molecular formula is C21H15F3N4O2. The molecule has 0 spiro atoms. The van der Waals surface area contributed by atoms with Gasteiger partial charge in [-0.3, -0.25) is 9.78 Å². The van der Waals surface area contributed by atoms with Crippen molar-refractivity contribution in [2.75, 3.05) is 16.8 Å². The minimum atomic E-state index is -5.02. The van der Waals surface area contributed by atoms with Crippen molar-refractivity contribution in [2.24, 2.45) is 0 Å². The summed E-state index contributed by atoms with van der Waals surface area (Å²) in [6.07, 6.45) is -3.66. The molecule has 0 aliphatic rings. The minimum Gasteiger partial charge on any atom is -0.508 e. The van der Waals surface area contributed by atoms with E-state index < -0.39 is 12.1 Å². The molecule has 1 heterocycles. The van der Waals surface area contributed by atoms with Crippen LogP contribution in [0.2, 0.25) is 0 Å². The average Bonchev–Trinajstić information content (AvgIpc) is 2.69. The SMILES string of the molecule is Nc1cc(-c2cc3c(N)ccc(NC(=O)C(F)(F)F)c3cn2)cc2ccc(O)cc12. The van der Waals surface area contributed by atoms with Crippen LogP contribution in [0.25, 0.3) is 32.8 Å². The van der Waals surface area contributed by atoms with Gasteiger partial charge in [0.05, 0.1) is 11.4 Å². The van der Waals surface area contributed by atoms with Gasteiger partial charge in [0, 0.05) is 39.3 Å². The van der Waals surface area contributed by atoms with Crippen molar-refractivity contribution in [3.8, 4) is 17.0 Å². The Balaban J connectivity index is 1.82. The molecule has 0 atom stereocenters. The van der Waals surface area contributed by atoms with Crippen molar-refractivity contribution in [3.05, 3.63) is 54.7 Å². The third-order valence-electron chi connectivity index (χ3n) is 4.71. The van der Waals surface area contributed by atoms with E-state index in [0.717, 1.165) is 5.39 Å². The van der Waals surface area contributed by atoms with E-state index in [1.165, 1.54) is 24.4 Å². The summed E-state index contributed by atoms with van der Waals surface area (Å²) in [5.74, 6) is -1.99. The van der Waals surface area contributed by atoms with Crippen molar-refractivity contribution in [3.63, 3.8) is 0 Å². The van der Waals surface area contributed by atoms with Crippen LogP contribution in [0.3, 0.4) is 0 Å². The van der Waals surface area contributed by atoms with Crippen LogP contribution in [-0.4, -0.2) is 22.2 Å². The average molecular weight is 412 g/mol. The highest BCUT2D eigenvalue weighted by atomic mass is 19.4. The van der Waals surface area contributed by atoms with E-state index in [9.17, 15) is 23.1 Å². The summed E-state index contributed by atoms with van der Waals surface area (Å²) in [6, 6.07) is 12.6. The third kappa shape index (κ3) is 3.41. The second-order valence-corrected chi connectivity index (χ2v) is 6.74. The maximum absolute atomic E-state index is 12.6. The van der Waals surface area contributed by atoms with E-state index in [4.69, 9.17) is 11.5 Å². The summed E-state index contributed by atoms with van der Waals surface area (Å²) in [4.78, 5) is 15.6. The second kappa shape index (κ2) is 6.80. The molecule has 0 unspecified atom stereocenters. The van der Waals surface area contributed by atoms with Crippen LogP contribution < -0.4 is 16.8 Å². The van der Waals surface area contributed by atoms with Gasteiger partial charge in [-0.15, -0.1) is 0 Å². The number of fused-ring (bicyclic) bond motifs is 2. The maximum Gasteiger partial charge on any atom is 0.471 e. The fourth-order valence-electron chi connectivity index (χ4n) is 3.24. The number of carbonyl (C=O) groups excluding carboxylic acids is 1. The monoisotopic (exact) mass is 412 g/mol. The molecule has 4 aromatic rings. The van der Waals surface area contributed by atoms with Gasteiger partial charge in [0.1, 0.15) is 5.75 Å². The van der Waals surface area contributed by atoms with E-state index in [2.05, 4.69) is 4.98 Å². The first-order chi connectivity index (χ1) is 14.1. The number of rotatable bonds is 2. The predicted molar refractivity (Wildman–Crippen MR) is 110 cm³/mol. The predicted octanol–water partition coefficient (Wildman–Crippen LogP) is 4.43. The number of hydrogen-bond donors (Lipinski definition) is 4. The van der Waals surface area contributed by atoms with E-state index in [1.54, 1.807) is 24.3 Å². The van der Waals surface area contributed by atoms with Crippen LogP contribution in [0.15, 0.2) is 54.7 Å². The van der Waals surface area contributed by atoms with Gasteiger partial charge in [-0.05, 0) is 47.9 Å². The Hall–Kier alpha value is -4.01. The molecule has 0 bridgehead atoms. The van der Waals surface area contributed by atoms with Gasteiger partial charge < -0.3 is 21.9 Å². The number of aromatic nitrogens is 1. The summed E-state index contributed by atoms with van der Waals surface area (Å²) in [7, 11) is 0. The van der Waals surface area contributed by atoms with E-state index in [-0.39, 0.29) is 16.8 Å². The number of anilines is 3. The topological polar surface area (TPSA) is 114 Å². The molecule has 0 aliphatic heterocycles. The molecule has 4 rings (SSSR count). The van der Waals surface area contributed by atoms with Crippen molar-refractivity contribution < 1.29 is 23.1 Å². The summed E-state index contributed by atoms with van der Waals surface area (Å²) >= 11 is 0. The van der Waals surface area contributed by atoms with Crippen LogP contribution in [-0.2, 0) is 4.79 Å². The number of amides is 1. The Bertz CT molecular complexity index is 1320. The molecule has 1 aromatic heterocycles. The highest BCUT2D eigenvalue weighted by Crippen LogP contribution is 2.35. The number of alkyl halides is 3. The zero-order valence-electron chi connectivity index (χ0n) is 15.3. The van der Waals surface area contributed by atoms with E-state index >= 15 is 0 Å². The van der Waals surface area contributed by atoms with Crippen LogP contribution >= 0.6 is 0 Å². The molecule has 0 fully saturated rings. The van der Waals surface area contributed by atoms with Gasteiger partial charge in [0.2, 0.25) is 0 Å². The maximum atomic E-state index is 12.6. The number of phenols is 1. The first-order valence-corrected chi connectivity index (χ1v) is 8.72. The molecule has 0 aliphatic carbocycles. The molecule has 6 N–H and O–H groups in total. The third-order valence-corrected chi connectivity index (χ3v) is 4.71. The van der Waals surface area contributed by atoms with Gasteiger partial charge >= 0.3 is 12.1 Å². The molecular weight excluding hydrogens is 397 g/mol. The number of nitrogens with zero attached hydrogens (tertiary/aromatic N) is 1. The lowest BCUT2D eigenvalue weighted by Gasteiger charge is -2.13. The van der Waals surface area contributed by atoms with Crippen LogP contribution in [0.1, 0.15) is 0 Å². The normalized spacial score (nSPS) is 11.7. The molecule has 1 amide bonds.